The molecule has 0 aromatic carbocycles. The van der Waals surface area contributed by atoms with E-state index in [2.05, 4.69) is 20.7 Å². The third-order valence-corrected chi connectivity index (χ3v) is 16.2. The summed E-state index contributed by atoms with van der Waals surface area (Å²) in [7, 11) is -2.81. The molecule has 0 unspecified atom stereocenters. The number of nitrogens with two attached hydrogens (primary N) is 1. The van der Waals surface area contributed by atoms with Crippen molar-refractivity contribution >= 4 is 63.6 Å². The fourth-order valence-electron chi connectivity index (χ4n) is 9.00. The number of hydrogen-bond acceptors (Lipinski definition) is 10. The van der Waals surface area contributed by atoms with E-state index in [4.69, 9.17) is 9.88 Å². The van der Waals surface area contributed by atoms with E-state index in [-0.39, 0.29) is 40.2 Å². The number of nitrogens with zero attached hydrogens (tertiary/aromatic N) is 2. The Bertz CT molecular complexity index is 2030. The highest BCUT2D eigenvalue weighted by atomic mass is 32.2. The monoisotopic (exact) mass is 1020 g/mol. The summed E-state index contributed by atoms with van der Waals surface area (Å²) in [5.41, 5.74) is -3.08. The van der Waals surface area contributed by atoms with E-state index in [0.29, 0.717) is 51.6 Å². The second kappa shape index (κ2) is 24.5. The van der Waals surface area contributed by atoms with Crippen LogP contribution in [0.1, 0.15) is 172 Å². The summed E-state index contributed by atoms with van der Waals surface area (Å²) in [6.07, 6.45) is 19.2. The number of carbonyl (C=O) groups is 7. The minimum absolute atomic E-state index is 0.0300. The van der Waals surface area contributed by atoms with Gasteiger partial charge in [-0.3, -0.25) is 33.8 Å². The summed E-state index contributed by atoms with van der Waals surface area (Å²) >= 11 is 0. The van der Waals surface area contributed by atoms with E-state index < -0.39 is 85.4 Å². The van der Waals surface area contributed by atoms with Crippen molar-refractivity contribution in [3.63, 3.8) is 0 Å². The van der Waals surface area contributed by atoms with E-state index in [1.165, 1.54) is 4.90 Å². The van der Waals surface area contributed by atoms with E-state index in [1.807, 2.05) is 52.0 Å². The van der Waals surface area contributed by atoms with Gasteiger partial charge in [-0.15, -0.1) is 0 Å². The number of carboxylic acids is 1. The lowest BCUT2D eigenvalue weighted by Gasteiger charge is -2.30. The van der Waals surface area contributed by atoms with Gasteiger partial charge in [-0.25, -0.2) is 18.0 Å². The number of amides is 6. The fourth-order valence-corrected chi connectivity index (χ4v) is 9.65. The summed E-state index contributed by atoms with van der Waals surface area (Å²) in [6.45, 7) is 19.0. The van der Waals surface area contributed by atoms with E-state index in [1.54, 1.807) is 46.4 Å². The Morgan fingerprint density at radius 1 is 0.700 bits per heavy atom. The van der Waals surface area contributed by atoms with Crippen LogP contribution >= 0.6 is 0 Å². The Kier molecular flexibility index (Phi) is 20.4. The highest BCUT2D eigenvalue weighted by molar-refractivity contribution is 7.85. The molecule has 2 saturated carbocycles. The Morgan fingerprint density at radius 3 is 1.66 bits per heavy atom. The molecule has 0 aromatic rings. The van der Waals surface area contributed by atoms with Gasteiger partial charge >= 0.3 is 12.1 Å². The van der Waals surface area contributed by atoms with Gasteiger partial charge in [0.2, 0.25) is 23.6 Å². The molecule has 4 aliphatic heterocycles. The second-order valence-corrected chi connectivity index (χ2v) is 26.5. The number of fused-ring (bicyclic) bond motifs is 4. The third kappa shape index (κ3) is 16.2. The second-order valence-electron chi connectivity index (χ2n) is 22.7. The van der Waals surface area contributed by atoms with Gasteiger partial charge in [-0.05, 0) is 139 Å². The van der Waals surface area contributed by atoms with E-state index in [9.17, 15) is 47.1 Å². The van der Waals surface area contributed by atoms with Crippen LogP contribution < -0.4 is 25.8 Å². The molecule has 6 amide bonds. The highest BCUT2D eigenvalue weighted by Crippen LogP contribution is 2.46. The number of alkyl carbamates (subject to hydrolysis) is 1. The minimum atomic E-state index is -1.63. The van der Waals surface area contributed by atoms with Crippen LogP contribution in [0.2, 0.25) is 0 Å². The molecule has 20 heteroatoms. The molecule has 4 heterocycles. The molecule has 6 aliphatic rings. The van der Waals surface area contributed by atoms with Gasteiger partial charge in [0.25, 0.3) is 5.91 Å². The predicted molar refractivity (Wildman–Crippen MR) is 270 cm³/mol. The lowest BCUT2D eigenvalue weighted by Crippen LogP contribution is -2.58. The first kappa shape index (κ1) is 58.4. The molecule has 2 saturated heterocycles. The summed E-state index contributed by atoms with van der Waals surface area (Å²) in [5.74, 6) is -2.91. The maximum absolute atomic E-state index is 13.6. The van der Waals surface area contributed by atoms with Gasteiger partial charge in [0.1, 0.15) is 45.8 Å². The van der Waals surface area contributed by atoms with Crippen molar-refractivity contribution in [2.75, 3.05) is 13.1 Å². The topological polar surface area (TPSA) is 264 Å². The average molecular weight is 1020 g/mol. The van der Waals surface area contributed by atoms with Crippen LogP contribution in [-0.4, -0.2) is 122 Å². The molecule has 396 valence electrons. The third-order valence-electron chi connectivity index (χ3n) is 13.5. The minimum Gasteiger partial charge on any atom is -0.479 e. The molecule has 2 aliphatic carbocycles. The summed E-state index contributed by atoms with van der Waals surface area (Å²) in [4.78, 5) is 93.4. The fraction of sp³-hybridized carbons (Fsp3) is 0.780. The van der Waals surface area contributed by atoms with Gasteiger partial charge < -0.3 is 35.6 Å². The van der Waals surface area contributed by atoms with Crippen LogP contribution in [0.15, 0.2) is 24.3 Å². The number of carbonyl (C=O) groups excluding carboxylic acids is 6. The first-order chi connectivity index (χ1) is 32.5. The van der Waals surface area contributed by atoms with Crippen LogP contribution in [0.25, 0.3) is 0 Å². The molecular formula is C50H83N7O11S2. The highest BCUT2D eigenvalue weighted by Gasteiger charge is 2.62. The number of rotatable bonds is 4. The summed E-state index contributed by atoms with van der Waals surface area (Å²) in [5, 5.41) is 23.1. The quantitative estimate of drug-likeness (QED) is 0.196. The van der Waals surface area contributed by atoms with E-state index in [0.717, 1.165) is 64.2 Å². The lowest BCUT2D eigenvalue weighted by molar-refractivity contribution is -0.146. The maximum Gasteiger partial charge on any atom is 0.408 e. The van der Waals surface area contributed by atoms with Crippen LogP contribution in [-0.2, 0) is 55.5 Å². The molecule has 6 rings (SSSR count). The Balaban J connectivity index is 0.000000284. The predicted octanol–water partition coefficient (Wildman–Crippen LogP) is 5.34. The molecule has 18 nitrogen and oxygen atoms in total. The summed E-state index contributed by atoms with van der Waals surface area (Å²) < 4.78 is 30.1. The van der Waals surface area contributed by atoms with Crippen molar-refractivity contribution in [3.05, 3.63) is 24.3 Å². The van der Waals surface area contributed by atoms with Crippen molar-refractivity contribution in [1.29, 1.82) is 0 Å². The number of aliphatic carboxylic acids is 1. The molecule has 0 bridgehead atoms. The van der Waals surface area contributed by atoms with Gasteiger partial charge in [-0.1, -0.05) is 56.9 Å². The zero-order chi connectivity index (χ0) is 52.4. The number of nitrogens with one attached hydrogen (secondary N) is 4. The SMILES string of the molecule is CC(C)(C)OC(=O)N[C@H]1CCCCC/C=C\[C@@H]2C[C@@]2(C(=O)N[S@@](=O)C(C)(C)C)NC(=O)[C@@H]2CCCN2C1=O.CC(C)(C)[S@@](N)=O.C[C@H]1CCCCC/C=C\[C@@H]2C[C@@]2(C(=O)O)NC(=O)[C@@H]2CCCN2C1=O. The van der Waals surface area contributed by atoms with Crippen molar-refractivity contribution in [1.82, 2.24) is 30.5 Å². The largest absolute Gasteiger partial charge is 0.479 e. The zero-order valence-corrected chi connectivity index (χ0v) is 45.0. The van der Waals surface area contributed by atoms with Gasteiger partial charge in [0.15, 0.2) is 0 Å². The molecule has 7 N–H and O–H groups in total. The molecule has 0 radical (unpaired) electrons. The smallest absolute Gasteiger partial charge is 0.408 e. The zero-order valence-electron chi connectivity index (χ0n) is 43.3. The Morgan fingerprint density at radius 2 is 1.17 bits per heavy atom. The standard InChI is InChI=1S/C27H44N4O6S.C19H28N2O4.C4H11NOS/c1-25(2,3)37-24(35)28-19-14-11-9-7-8-10-13-18-17-27(18,23(34)30-38(36)26(4,5)6)29-21(32)20-15-12-16-31(20)22(19)33;1-13-8-5-3-2-4-6-9-14-12-19(14,18(24)25)20-16(22)15-10-7-11-21(15)17(13)23;1-4(2,3)7(5)6/h10,13,18-20H,7-9,11-12,14-17H2,1-6H3,(H,28,35)(H,29,32)(H,30,34);6,9,13-15H,2-5,7-8,10-12H2,1H3,(H,20,22)(H,24,25);5H2,1-3H3/b13-10-;9-6-;/t18-,19+,20+,27-,38+;13-,14+,15-,19+;7-/m100/s1. The van der Waals surface area contributed by atoms with Gasteiger partial charge in [0.05, 0.1) is 20.5 Å². The normalized spacial score (nSPS) is 31.8. The molecular weight excluding hydrogens is 939 g/mol. The van der Waals surface area contributed by atoms with Crippen molar-refractivity contribution in [2.24, 2.45) is 22.9 Å². The molecule has 10 atom stereocenters. The first-order valence-electron chi connectivity index (χ1n) is 25.2. The Hall–Kier alpha value is -4.17. The lowest BCUT2D eigenvalue weighted by atomic mass is 10.0. The average Bonchev–Trinajstić information content (AvgIpc) is 3.93. The number of hydrogen-bond donors (Lipinski definition) is 6. The van der Waals surface area contributed by atoms with Crippen LogP contribution in [0.5, 0.6) is 0 Å². The van der Waals surface area contributed by atoms with Crippen molar-refractivity contribution in [3.8, 4) is 0 Å². The van der Waals surface area contributed by atoms with Gasteiger partial charge in [0, 0.05) is 30.8 Å². The van der Waals surface area contributed by atoms with Crippen molar-refractivity contribution in [2.45, 2.75) is 216 Å². The van der Waals surface area contributed by atoms with Crippen LogP contribution in [0, 0.1) is 17.8 Å². The number of allylic oxidation sites excluding steroid dienone is 2. The first-order valence-corrected chi connectivity index (χ1v) is 27.6. The maximum atomic E-state index is 13.6. The van der Waals surface area contributed by atoms with Crippen molar-refractivity contribution < 1.29 is 51.8 Å². The number of carboxylic acid groups (broad SMARTS) is 1. The van der Waals surface area contributed by atoms with Gasteiger partial charge in [-0.2, -0.15) is 0 Å². The molecule has 4 fully saturated rings. The van der Waals surface area contributed by atoms with Crippen LogP contribution in [0.4, 0.5) is 4.79 Å². The Labute approximate surface area is 420 Å². The summed E-state index contributed by atoms with van der Waals surface area (Å²) in [6, 6.07) is -2.08. The number of ether oxygens (including phenoxy) is 1. The molecule has 0 aromatic heterocycles. The molecule has 70 heavy (non-hydrogen) atoms. The van der Waals surface area contributed by atoms with Crippen LogP contribution in [0.3, 0.4) is 0 Å². The van der Waals surface area contributed by atoms with E-state index >= 15 is 0 Å². The molecule has 0 spiro atoms.